The van der Waals surface area contributed by atoms with Crippen LogP contribution in [0.1, 0.15) is 62.8 Å². The molecule has 40 heavy (non-hydrogen) atoms. The molecule has 0 amide bonds. The van der Waals surface area contributed by atoms with Gasteiger partial charge in [-0.1, -0.05) is 111 Å². The van der Waals surface area contributed by atoms with Crippen LogP contribution >= 0.6 is 23.2 Å². The summed E-state index contributed by atoms with van der Waals surface area (Å²) in [6.45, 7) is 9.03. The molecule has 0 heterocycles. The third kappa shape index (κ3) is 4.42. The Labute approximate surface area is 270 Å². The molecule has 4 aromatic carbocycles. The Balaban J connectivity index is 0.00000323. The zero-order valence-corrected chi connectivity index (χ0v) is 29.0. The topological polar surface area (TPSA) is 0 Å². The van der Waals surface area contributed by atoms with Gasteiger partial charge in [0.25, 0.3) is 0 Å². The molecule has 2 atom stereocenters. The van der Waals surface area contributed by atoms with Crippen LogP contribution in [0.4, 0.5) is 0 Å². The molecule has 0 radical (unpaired) electrons. The Morgan fingerprint density at radius 3 is 1.27 bits per heavy atom. The molecule has 0 saturated carbocycles. The Morgan fingerprint density at radius 2 is 0.925 bits per heavy atom. The van der Waals surface area contributed by atoms with Crippen LogP contribution in [0.25, 0.3) is 33.4 Å². The summed E-state index contributed by atoms with van der Waals surface area (Å²) in [5, 5.41) is 0. The van der Waals surface area contributed by atoms with E-state index in [-0.39, 0.29) is 26.2 Å². The third-order valence-electron chi connectivity index (χ3n) is 8.96. The van der Waals surface area contributed by atoms with Gasteiger partial charge in [-0.05, 0) is 93.5 Å². The second-order valence-electron chi connectivity index (χ2n) is 10.9. The first-order valence-electron chi connectivity index (χ1n) is 14.0. The quantitative estimate of drug-likeness (QED) is 0.143. The second kappa shape index (κ2) is 11.4. The van der Waals surface area contributed by atoms with E-state index < -0.39 is 18.5 Å². The van der Waals surface area contributed by atoms with Gasteiger partial charge in [-0.2, -0.15) is 0 Å². The summed E-state index contributed by atoms with van der Waals surface area (Å²) in [5.74, 6) is 0. The summed E-state index contributed by atoms with van der Waals surface area (Å²) in [5.41, 5.74) is 15.4. The fraction of sp³-hybridized carbons (Fsp3) is 0.222. The minimum atomic E-state index is -1.20. The number of alkyl halides is 2. The van der Waals surface area contributed by atoms with Gasteiger partial charge in [0.1, 0.15) is 0 Å². The minimum absolute atomic E-state index is 0. The van der Waals surface area contributed by atoms with Crippen molar-refractivity contribution in [1.82, 2.24) is 0 Å². The number of halogens is 2. The first-order chi connectivity index (χ1) is 18.8. The van der Waals surface area contributed by atoms with Crippen LogP contribution in [-0.4, -0.2) is 9.52 Å². The molecule has 2 aliphatic rings. The van der Waals surface area contributed by atoms with Crippen LogP contribution in [0.5, 0.6) is 0 Å². The number of fused-ring (bicyclic) bond motifs is 2. The van der Waals surface area contributed by atoms with Crippen LogP contribution in [0.3, 0.4) is 0 Å². The van der Waals surface area contributed by atoms with Gasteiger partial charge in [-0.25, -0.2) is 0 Å². The smallest absolute Gasteiger partial charge is 0.0923 e. The fourth-order valence-corrected chi connectivity index (χ4v) is 12.7. The molecule has 0 bridgehead atoms. The number of benzene rings is 4. The van der Waals surface area contributed by atoms with Crippen molar-refractivity contribution in [2.75, 3.05) is 0 Å². The normalized spacial score (nSPS) is 21.6. The van der Waals surface area contributed by atoms with Gasteiger partial charge in [0.15, 0.2) is 0 Å². The summed E-state index contributed by atoms with van der Waals surface area (Å²) in [6.07, 6.45) is 1.83. The zero-order chi connectivity index (χ0) is 27.4. The molecular weight excluding hydrogens is 623 g/mol. The zero-order valence-electron chi connectivity index (χ0n) is 23.6. The molecule has 200 valence electrons. The minimum Gasteiger partial charge on any atom is -0.114 e. The molecule has 0 N–H and O–H groups in total. The summed E-state index contributed by atoms with van der Waals surface area (Å²) in [4.78, 5) is 0. The molecule has 0 aliphatic heterocycles. The molecule has 2 aliphatic carbocycles. The maximum absolute atomic E-state index is 7.98. The maximum Gasteiger partial charge on any atom is 0.0923 e. The van der Waals surface area contributed by atoms with Gasteiger partial charge in [0.2, 0.25) is 0 Å². The maximum atomic E-state index is 7.98. The van der Waals surface area contributed by atoms with Gasteiger partial charge < -0.3 is 0 Å². The third-order valence-corrected chi connectivity index (χ3v) is 13.2. The van der Waals surface area contributed by atoms with Crippen molar-refractivity contribution in [2.24, 2.45) is 0 Å². The number of hydrogen-bond acceptors (Lipinski definition) is 0. The number of allylic oxidation sites excluding steroid dienone is 4. The van der Waals surface area contributed by atoms with Crippen LogP contribution in [0.2, 0.25) is 0 Å². The van der Waals surface area contributed by atoms with E-state index in [0.717, 1.165) is 12.8 Å². The van der Waals surface area contributed by atoms with Crippen molar-refractivity contribution in [3.8, 4) is 22.3 Å². The first-order valence-corrected chi connectivity index (χ1v) is 16.2. The van der Waals surface area contributed by atoms with E-state index in [0.29, 0.717) is 0 Å². The summed E-state index contributed by atoms with van der Waals surface area (Å²) < 4.78 is -1.10. The van der Waals surface area contributed by atoms with Gasteiger partial charge >= 0.3 is 0 Å². The SMILES string of the molecule is CCC1=C(C)c2c(-c3ccccc3)cccc2C1(Cl)[SiH2]C1(Cl)C(CC)=C(C)c2c(-c3ccccc3)cccc21.[Zr]. The average Bonchev–Trinajstić information content (AvgIpc) is 3.31. The first kappa shape index (κ1) is 29.5. The van der Waals surface area contributed by atoms with Crippen molar-refractivity contribution < 1.29 is 26.2 Å². The van der Waals surface area contributed by atoms with E-state index in [4.69, 9.17) is 23.2 Å². The molecule has 6 rings (SSSR count). The molecule has 0 nitrogen and oxygen atoms in total. The summed E-state index contributed by atoms with van der Waals surface area (Å²) in [6, 6.07) is 34.7. The number of hydrogen-bond donors (Lipinski definition) is 0. The molecule has 4 aromatic rings. The van der Waals surface area contributed by atoms with Crippen molar-refractivity contribution in [2.45, 2.75) is 49.5 Å². The van der Waals surface area contributed by atoms with Crippen molar-refractivity contribution in [3.05, 3.63) is 130 Å². The van der Waals surface area contributed by atoms with Crippen LogP contribution in [0.15, 0.2) is 108 Å². The Morgan fingerprint density at radius 1 is 0.550 bits per heavy atom. The van der Waals surface area contributed by atoms with Crippen LogP contribution in [-0.2, 0) is 35.2 Å². The molecule has 0 saturated heterocycles. The Kier molecular flexibility index (Phi) is 8.40. The molecule has 0 aromatic heterocycles. The van der Waals surface area contributed by atoms with E-state index in [1.54, 1.807) is 0 Å². The van der Waals surface area contributed by atoms with Crippen molar-refractivity contribution in [1.29, 1.82) is 0 Å². The largest absolute Gasteiger partial charge is 0.114 e. The number of rotatable bonds is 6. The van der Waals surface area contributed by atoms with E-state index >= 15 is 0 Å². The van der Waals surface area contributed by atoms with Crippen LogP contribution < -0.4 is 0 Å². The van der Waals surface area contributed by atoms with E-state index in [1.807, 2.05) is 0 Å². The second-order valence-corrected chi connectivity index (χ2v) is 15.5. The standard InChI is InChI=1S/C36H34Cl2Si.Zr/c1-5-29-23(3)33-27(25-15-9-7-10-16-25)19-13-21-31(33)35(29,37)39-36(38)30(6-2)24(4)34-28(20-14-22-32(34)36)26-17-11-8-12-18-26;/h7-22H,5-6,39H2,1-4H3;. The molecule has 4 heteroatoms. The molecule has 0 spiro atoms. The predicted octanol–water partition coefficient (Wildman–Crippen LogP) is 10.1. The summed E-state index contributed by atoms with van der Waals surface area (Å²) >= 11 is 16.0. The average molecular weight is 657 g/mol. The van der Waals surface area contributed by atoms with Gasteiger partial charge in [0, 0.05) is 26.2 Å². The van der Waals surface area contributed by atoms with Crippen LogP contribution in [0, 0.1) is 0 Å². The van der Waals surface area contributed by atoms with E-state index in [9.17, 15) is 0 Å². The molecule has 0 fully saturated rings. The predicted molar refractivity (Wildman–Crippen MR) is 173 cm³/mol. The monoisotopic (exact) mass is 654 g/mol. The van der Waals surface area contributed by atoms with Crippen molar-refractivity contribution >= 4 is 43.9 Å². The molecule has 2 unspecified atom stereocenters. The van der Waals surface area contributed by atoms with E-state index in [1.165, 1.54) is 66.8 Å². The Hall–Kier alpha value is -1.96. The van der Waals surface area contributed by atoms with Crippen molar-refractivity contribution in [3.63, 3.8) is 0 Å². The Bertz CT molecular complexity index is 1520. The fourth-order valence-electron chi connectivity index (χ4n) is 7.34. The van der Waals surface area contributed by atoms with Gasteiger partial charge in [0.05, 0.1) is 18.5 Å². The molecular formula is C36H34Cl2SiZr. The summed E-state index contributed by atoms with van der Waals surface area (Å²) in [7, 11) is -1.20. The van der Waals surface area contributed by atoms with Gasteiger partial charge in [-0.15, -0.1) is 23.2 Å². The van der Waals surface area contributed by atoms with Gasteiger partial charge in [-0.3, -0.25) is 0 Å². The van der Waals surface area contributed by atoms with E-state index in [2.05, 4.69) is 125 Å².